The number of rotatable bonds is 4. The number of carbonyl (C=O) groups excluding carboxylic acids is 1. The Morgan fingerprint density at radius 2 is 1.86 bits per heavy atom. The van der Waals surface area contributed by atoms with Gasteiger partial charge in [0.2, 0.25) is 0 Å². The van der Waals surface area contributed by atoms with Gasteiger partial charge in [-0.3, -0.25) is 0 Å². The molecule has 2 N–H and O–H groups in total. The van der Waals surface area contributed by atoms with Crippen LogP contribution in [0.25, 0.3) is 0 Å². The van der Waals surface area contributed by atoms with Gasteiger partial charge in [0.05, 0.1) is 12.7 Å². The summed E-state index contributed by atoms with van der Waals surface area (Å²) in [5, 5.41) is 3.58. The average molecular weight is 302 g/mol. The standard InChI is InChI=1S/C16H15FN2O3/c1-10-13(4-3-5-14(10)21-2)16(20)22-19-15(18)11-6-8-12(17)9-7-11/h3-9H,1-2H3,(H2,18,19). The first-order valence-corrected chi connectivity index (χ1v) is 6.47. The minimum atomic E-state index is -0.651. The Hall–Kier alpha value is -2.89. The summed E-state index contributed by atoms with van der Waals surface area (Å²) in [5.74, 6) is -0.485. The summed E-state index contributed by atoms with van der Waals surface area (Å²) >= 11 is 0. The summed E-state index contributed by atoms with van der Waals surface area (Å²) in [5.41, 5.74) is 7.12. The normalized spacial score (nSPS) is 11.1. The number of ether oxygens (including phenoxy) is 1. The summed E-state index contributed by atoms with van der Waals surface area (Å²) in [6.07, 6.45) is 0. The maximum Gasteiger partial charge on any atom is 0.366 e. The van der Waals surface area contributed by atoms with E-state index < -0.39 is 5.97 Å². The highest BCUT2D eigenvalue weighted by Gasteiger charge is 2.14. The first-order chi connectivity index (χ1) is 10.5. The van der Waals surface area contributed by atoms with Crippen molar-refractivity contribution < 1.29 is 18.8 Å². The number of amidine groups is 1. The van der Waals surface area contributed by atoms with Gasteiger partial charge in [0.25, 0.3) is 0 Å². The quantitative estimate of drug-likeness (QED) is 0.408. The molecule has 6 heteroatoms. The molecule has 2 aromatic rings. The molecule has 0 radical (unpaired) electrons. The van der Waals surface area contributed by atoms with E-state index in [0.717, 1.165) is 0 Å². The molecule has 0 bridgehead atoms. The number of nitrogens with two attached hydrogens (primary N) is 1. The van der Waals surface area contributed by atoms with Crippen LogP contribution in [0.15, 0.2) is 47.6 Å². The van der Waals surface area contributed by atoms with Crippen molar-refractivity contribution in [1.82, 2.24) is 0 Å². The Labute approximate surface area is 127 Å². The summed E-state index contributed by atoms with van der Waals surface area (Å²) in [6.45, 7) is 1.74. The number of oxime groups is 1. The number of carbonyl (C=O) groups is 1. The Morgan fingerprint density at radius 3 is 2.50 bits per heavy atom. The molecule has 0 saturated heterocycles. The van der Waals surface area contributed by atoms with Crippen LogP contribution in [0.4, 0.5) is 4.39 Å². The zero-order valence-corrected chi connectivity index (χ0v) is 12.2. The zero-order chi connectivity index (χ0) is 16.1. The third kappa shape index (κ3) is 3.41. The lowest BCUT2D eigenvalue weighted by molar-refractivity contribution is 0.0514. The van der Waals surface area contributed by atoms with Gasteiger partial charge in [0.1, 0.15) is 11.6 Å². The molecule has 0 heterocycles. The molecular weight excluding hydrogens is 287 g/mol. The van der Waals surface area contributed by atoms with Crippen LogP contribution in [0.5, 0.6) is 5.75 Å². The fourth-order valence-electron chi connectivity index (χ4n) is 1.87. The maximum atomic E-state index is 12.8. The van der Waals surface area contributed by atoms with Crippen molar-refractivity contribution in [3.05, 3.63) is 65.0 Å². The fraction of sp³-hybridized carbons (Fsp3) is 0.125. The first kappa shape index (κ1) is 15.5. The van der Waals surface area contributed by atoms with E-state index in [1.165, 1.54) is 31.4 Å². The monoisotopic (exact) mass is 302 g/mol. The Balaban J connectivity index is 2.15. The molecule has 0 aliphatic heterocycles. The number of halogens is 1. The number of hydrogen-bond donors (Lipinski definition) is 1. The molecule has 0 unspecified atom stereocenters. The van der Waals surface area contributed by atoms with Crippen molar-refractivity contribution in [1.29, 1.82) is 0 Å². The number of hydrogen-bond acceptors (Lipinski definition) is 4. The lowest BCUT2D eigenvalue weighted by Gasteiger charge is -2.08. The summed E-state index contributed by atoms with van der Waals surface area (Å²) in [6, 6.07) is 10.4. The highest BCUT2D eigenvalue weighted by Crippen LogP contribution is 2.21. The van der Waals surface area contributed by atoms with Gasteiger partial charge >= 0.3 is 5.97 Å². The van der Waals surface area contributed by atoms with Gasteiger partial charge in [-0.15, -0.1) is 0 Å². The Kier molecular flexibility index (Phi) is 4.73. The summed E-state index contributed by atoms with van der Waals surface area (Å²) in [7, 11) is 1.52. The van der Waals surface area contributed by atoms with Crippen molar-refractivity contribution in [3.63, 3.8) is 0 Å². The van der Waals surface area contributed by atoms with Gasteiger partial charge < -0.3 is 15.3 Å². The van der Waals surface area contributed by atoms with Crippen LogP contribution >= 0.6 is 0 Å². The first-order valence-electron chi connectivity index (χ1n) is 6.47. The molecular formula is C16H15FN2O3. The van der Waals surface area contributed by atoms with Gasteiger partial charge in [-0.25, -0.2) is 9.18 Å². The lowest BCUT2D eigenvalue weighted by atomic mass is 10.1. The lowest BCUT2D eigenvalue weighted by Crippen LogP contribution is -2.15. The topological polar surface area (TPSA) is 73.9 Å². The number of benzene rings is 2. The van der Waals surface area contributed by atoms with Crippen LogP contribution in [-0.2, 0) is 4.84 Å². The SMILES string of the molecule is COc1cccc(C(=O)O/N=C(\N)c2ccc(F)cc2)c1C. The van der Waals surface area contributed by atoms with E-state index in [2.05, 4.69) is 5.16 Å². The van der Waals surface area contributed by atoms with Crippen LogP contribution < -0.4 is 10.5 Å². The Morgan fingerprint density at radius 1 is 1.18 bits per heavy atom. The van der Waals surface area contributed by atoms with Crippen molar-refractivity contribution >= 4 is 11.8 Å². The van der Waals surface area contributed by atoms with E-state index in [-0.39, 0.29) is 11.7 Å². The van der Waals surface area contributed by atoms with Crippen LogP contribution in [0, 0.1) is 12.7 Å². The molecule has 2 rings (SSSR count). The van der Waals surface area contributed by atoms with Gasteiger partial charge in [-0.2, -0.15) is 0 Å². The maximum absolute atomic E-state index is 12.8. The van der Waals surface area contributed by atoms with E-state index >= 15 is 0 Å². The number of nitrogens with zero attached hydrogens (tertiary/aromatic N) is 1. The molecule has 0 spiro atoms. The second-order valence-corrected chi connectivity index (χ2v) is 4.49. The van der Waals surface area contributed by atoms with Crippen molar-refractivity contribution in [3.8, 4) is 5.75 Å². The smallest absolute Gasteiger partial charge is 0.366 e. The van der Waals surface area contributed by atoms with Gasteiger partial charge in [0.15, 0.2) is 5.84 Å². The average Bonchev–Trinajstić information content (AvgIpc) is 2.53. The highest BCUT2D eigenvalue weighted by molar-refractivity contribution is 5.98. The van der Waals surface area contributed by atoms with E-state index in [1.807, 2.05) is 0 Å². The molecule has 2 aromatic carbocycles. The predicted molar refractivity (Wildman–Crippen MR) is 80.3 cm³/mol. The third-order valence-corrected chi connectivity index (χ3v) is 3.09. The molecule has 0 amide bonds. The van der Waals surface area contributed by atoms with Crippen LogP contribution in [0.1, 0.15) is 21.5 Å². The summed E-state index contributed by atoms with van der Waals surface area (Å²) in [4.78, 5) is 16.9. The largest absolute Gasteiger partial charge is 0.496 e. The molecule has 0 saturated carbocycles. The van der Waals surface area contributed by atoms with E-state index in [4.69, 9.17) is 15.3 Å². The summed E-state index contributed by atoms with van der Waals surface area (Å²) < 4.78 is 18.0. The molecule has 5 nitrogen and oxygen atoms in total. The van der Waals surface area contributed by atoms with Crippen LogP contribution in [0.2, 0.25) is 0 Å². The minimum absolute atomic E-state index is 0.0195. The van der Waals surface area contributed by atoms with Crippen molar-refractivity contribution in [2.75, 3.05) is 7.11 Å². The Bertz CT molecular complexity index is 712. The van der Waals surface area contributed by atoms with Crippen LogP contribution in [0.3, 0.4) is 0 Å². The molecule has 114 valence electrons. The van der Waals surface area contributed by atoms with E-state index in [9.17, 15) is 9.18 Å². The molecule has 0 aliphatic rings. The second-order valence-electron chi connectivity index (χ2n) is 4.49. The minimum Gasteiger partial charge on any atom is -0.496 e. The fourth-order valence-corrected chi connectivity index (χ4v) is 1.87. The van der Waals surface area contributed by atoms with Gasteiger partial charge in [-0.05, 0) is 43.3 Å². The van der Waals surface area contributed by atoms with E-state index in [0.29, 0.717) is 22.4 Å². The van der Waals surface area contributed by atoms with Crippen molar-refractivity contribution in [2.24, 2.45) is 10.9 Å². The van der Waals surface area contributed by atoms with Crippen LogP contribution in [-0.4, -0.2) is 18.9 Å². The zero-order valence-electron chi connectivity index (χ0n) is 12.2. The van der Waals surface area contributed by atoms with Gasteiger partial charge in [0, 0.05) is 11.1 Å². The molecule has 0 fully saturated rings. The third-order valence-electron chi connectivity index (χ3n) is 3.09. The molecule has 0 aromatic heterocycles. The molecule has 0 atom stereocenters. The molecule has 0 aliphatic carbocycles. The van der Waals surface area contributed by atoms with Crippen molar-refractivity contribution in [2.45, 2.75) is 6.92 Å². The molecule has 22 heavy (non-hydrogen) atoms. The second kappa shape index (κ2) is 6.71. The van der Waals surface area contributed by atoms with E-state index in [1.54, 1.807) is 25.1 Å². The van der Waals surface area contributed by atoms with Gasteiger partial charge in [-0.1, -0.05) is 11.2 Å². The highest BCUT2D eigenvalue weighted by atomic mass is 19.1. The number of methoxy groups -OCH3 is 1. The predicted octanol–water partition coefficient (Wildman–Crippen LogP) is 2.62.